The number of aliphatic hydroxyl groups is 1. The van der Waals surface area contributed by atoms with Gasteiger partial charge in [-0.25, -0.2) is 4.79 Å². The van der Waals surface area contributed by atoms with E-state index in [1.54, 1.807) is 18.2 Å². The SMILES string of the molecule is Cc1cccc(Cl)c1-c1noc(C2CC2)c1COc1ccc(C2(O)CCC(C3=CC(C(=O)O)=CCC3)C2)c(Cl)c1. The third kappa shape index (κ3) is 5.20. The van der Waals surface area contributed by atoms with Crippen molar-refractivity contribution in [2.75, 3.05) is 0 Å². The van der Waals surface area contributed by atoms with Crippen molar-refractivity contribution in [1.82, 2.24) is 5.16 Å². The van der Waals surface area contributed by atoms with Crippen molar-refractivity contribution in [3.63, 3.8) is 0 Å². The van der Waals surface area contributed by atoms with Gasteiger partial charge in [0, 0.05) is 17.0 Å². The number of benzene rings is 2. The van der Waals surface area contributed by atoms with Crippen molar-refractivity contribution < 1.29 is 24.3 Å². The van der Waals surface area contributed by atoms with Gasteiger partial charge in [0.1, 0.15) is 23.8 Å². The highest BCUT2D eigenvalue weighted by molar-refractivity contribution is 6.33. The van der Waals surface area contributed by atoms with Crippen molar-refractivity contribution in [3.05, 3.63) is 92.2 Å². The molecule has 0 bridgehead atoms. The number of hydrogen-bond acceptors (Lipinski definition) is 5. The number of aliphatic carboxylic acids is 1. The first-order chi connectivity index (χ1) is 19.2. The number of carboxylic acid groups (broad SMARTS) is 1. The second-order valence-electron chi connectivity index (χ2n) is 11.2. The van der Waals surface area contributed by atoms with Crippen molar-refractivity contribution in [2.24, 2.45) is 5.92 Å². The lowest BCUT2D eigenvalue weighted by molar-refractivity contribution is -0.132. The number of carbonyl (C=O) groups is 1. The van der Waals surface area contributed by atoms with Gasteiger partial charge >= 0.3 is 5.97 Å². The van der Waals surface area contributed by atoms with Crippen LogP contribution in [-0.2, 0) is 17.0 Å². The second kappa shape index (κ2) is 10.7. The van der Waals surface area contributed by atoms with E-state index in [-0.39, 0.29) is 12.5 Å². The van der Waals surface area contributed by atoms with E-state index in [1.807, 2.05) is 37.3 Å². The topological polar surface area (TPSA) is 92.8 Å². The van der Waals surface area contributed by atoms with Gasteiger partial charge in [-0.15, -0.1) is 0 Å². The summed E-state index contributed by atoms with van der Waals surface area (Å²) in [5.41, 5.74) is 4.49. The molecule has 1 heterocycles. The Hall–Kier alpha value is -3.06. The monoisotopic (exact) mass is 579 g/mol. The zero-order valence-electron chi connectivity index (χ0n) is 22.3. The maximum absolute atomic E-state index is 11.6. The quantitative estimate of drug-likeness (QED) is 0.280. The van der Waals surface area contributed by atoms with Crippen LogP contribution < -0.4 is 4.74 Å². The Balaban J connectivity index is 1.20. The Morgan fingerprint density at radius 1 is 1.15 bits per heavy atom. The van der Waals surface area contributed by atoms with E-state index in [9.17, 15) is 15.0 Å². The van der Waals surface area contributed by atoms with E-state index >= 15 is 0 Å². The summed E-state index contributed by atoms with van der Waals surface area (Å²) in [6.45, 7) is 2.26. The molecule has 3 aliphatic rings. The van der Waals surface area contributed by atoms with Gasteiger partial charge < -0.3 is 19.5 Å². The summed E-state index contributed by atoms with van der Waals surface area (Å²) in [5, 5.41) is 26.4. The highest BCUT2D eigenvalue weighted by Gasteiger charge is 2.41. The summed E-state index contributed by atoms with van der Waals surface area (Å²) in [7, 11) is 0. The maximum atomic E-state index is 11.6. The van der Waals surface area contributed by atoms with Gasteiger partial charge in [0.2, 0.25) is 0 Å². The van der Waals surface area contributed by atoms with Crippen LogP contribution in [0.2, 0.25) is 10.0 Å². The van der Waals surface area contributed by atoms with Gasteiger partial charge in [-0.3, -0.25) is 0 Å². The van der Waals surface area contributed by atoms with Crippen LogP contribution >= 0.6 is 23.2 Å². The summed E-state index contributed by atoms with van der Waals surface area (Å²) >= 11 is 13.3. The average molecular weight is 581 g/mol. The predicted molar refractivity (Wildman–Crippen MR) is 154 cm³/mol. The molecule has 6 nitrogen and oxygen atoms in total. The molecule has 2 atom stereocenters. The minimum absolute atomic E-state index is 0.126. The van der Waals surface area contributed by atoms with Crippen LogP contribution in [0.3, 0.4) is 0 Å². The predicted octanol–water partition coefficient (Wildman–Crippen LogP) is 8.13. The Bertz CT molecular complexity index is 1520. The van der Waals surface area contributed by atoms with Crippen LogP contribution in [0.25, 0.3) is 11.3 Å². The molecule has 1 aromatic heterocycles. The molecule has 0 aliphatic heterocycles. The smallest absolute Gasteiger partial charge is 0.335 e. The first kappa shape index (κ1) is 27.1. The number of ether oxygens (including phenoxy) is 1. The highest BCUT2D eigenvalue weighted by atomic mass is 35.5. The standard InChI is InChI=1S/C32H31Cl2NO5/c1-18-4-2-7-26(33)28(18)29-24(30(40-35-29)19-8-9-19)17-39-23-10-11-25(27(34)15-23)32(38)13-12-22(16-32)20-5-3-6-21(14-20)31(36)37/h2,4,6-7,10-11,14-15,19,22,38H,3,5,8-9,12-13,16-17H2,1H3,(H,36,37). The Labute approximate surface area is 243 Å². The van der Waals surface area contributed by atoms with Crippen molar-refractivity contribution in [1.29, 1.82) is 0 Å². The van der Waals surface area contributed by atoms with Gasteiger partial charge in [-0.2, -0.15) is 0 Å². The zero-order chi connectivity index (χ0) is 28.0. The molecule has 2 N–H and O–H groups in total. The Morgan fingerprint density at radius 2 is 1.98 bits per heavy atom. The number of aryl methyl sites for hydroxylation is 1. The number of rotatable bonds is 8. The van der Waals surface area contributed by atoms with Gasteiger partial charge in [0.15, 0.2) is 0 Å². The molecule has 0 amide bonds. The second-order valence-corrected chi connectivity index (χ2v) is 12.0. The fourth-order valence-corrected chi connectivity index (χ4v) is 6.81. The third-order valence-electron chi connectivity index (χ3n) is 8.45. The van der Waals surface area contributed by atoms with E-state index in [4.69, 9.17) is 32.5 Å². The van der Waals surface area contributed by atoms with E-state index in [0.29, 0.717) is 57.8 Å². The number of nitrogens with zero attached hydrogens (tertiary/aromatic N) is 1. The van der Waals surface area contributed by atoms with Gasteiger partial charge in [-0.05, 0) is 87.6 Å². The summed E-state index contributed by atoms with van der Waals surface area (Å²) in [4.78, 5) is 11.4. The summed E-state index contributed by atoms with van der Waals surface area (Å²) in [6.07, 6.45) is 9.05. The molecule has 8 heteroatoms. The molecule has 2 unspecified atom stereocenters. The molecule has 0 spiro atoms. The van der Waals surface area contributed by atoms with Crippen LogP contribution in [0.1, 0.15) is 73.3 Å². The number of aromatic nitrogens is 1. The summed E-state index contributed by atoms with van der Waals surface area (Å²) < 4.78 is 12.0. The number of allylic oxidation sites excluding steroid dienone is 2. The Kier molecular flexibility index (Phi) is 7.28. The fourth-order valence-electron chi connectivity index (χ4n) is 6.16. The van der Waals surface area contributed by atoms with Gasteiger partial charge in [-0.1, -0.05) is 58.2 Å². The minimum atomic E-state index is -1.08. The molecule has 6 rings (SSSR count). The zero-order valence-corrected chi connectivity index (χ0v) is 23.8. The molecule has 3 aromatic rings. The number of carboxylic acids is 1. The lowest BCUT2D eigenvalue weighted by Gasteiger charge is -2.26. The minimum Gasteiger partial charge on any atom is -0.489 e. The normalized spacial score (nSPS) is 22.6. The van der Waals surface area contributed by atoms with Crippen LogP contribution in [0, 0.1) is 12.8 Å². The van der Waals surface area contributed by atoms with Crippen LogP contribution in [0.15, 0.2) is 64.2 Å². The maximum Gasteiger partial charge on any atom is 0.335 e. The third-order valence-corrected chi connectivity index (χ3v) is 9.08. The number of halogens is 2. The molecule has 0 radical (unpaired) electrons. The number of hydrogen-bond donors (Lipinski definition) is 2. The molecular weight excluding hydrogens is 549 g/mol. The molecule has 3 aliphatic carbocycles. The molecular formula is C32H31Cl2NO5. The lowest BCUT2D eigenvalue weighted by atomic mass is 9.85. The highest BCUT2D eigenvalue weighted by Crippen LogP contribution is 2.49. The van der Waals surface area contributed by atoms with E-state index in [1.165, 1.54) is 0 Å². The van der Waals surface area contributed by atoms with Gasteiger partial charge in [0.05, 0.1) is 26.8 Å². The fraction of sp³-hybridized carbons (Fsp3) is 0.375. The molecule has 2 aromatic carbocycles. The molecule has 2 fully saturated rings. The van der Waals surface area contributed by atoms with Crippen LogP contribution in [0.5, 0.6) is 5.75 Å². The summed E-state index contributed by atoms with van der Waals surface area (Å²) in [5.74, 6) is 0.999. The van der Waals surface area contributed by atoms with Crippen molar-refractivity contribution in [3.8, 4) is 17.0 Å². The van der Waals surface area contributed by atoms with Crippen LogP contribution in [-0.4, -0.2) is 21.3 Å². The van der Waals surface area contributed by atoms with Crippen molar-refractivity contribution in [2.45, 2.75) is 70.0 Å². The summed E-state index contributed by atoms with van der Waals surface area (Å²) in [6, 6.07) is 11.2. The average Bonchev–Trinajstić information content (AvgIpc) is 3.57. The lowest BCUT2D eigenvalue weighted by Crippen LogP contribution is -2.22. The molecule has 40 heavy (non-hydrogen) atoms. The molecule has 2 saturated carbocycles. The van der Waals surface area contributed by atoms with Crippen molar-refractivity contribution >= 4 is 29.2 Å². The van der Waals surface area contributed by atoms with E-state index < -0.39 is 11.6 Å². The molecule has 0 saturated heterocycles. The largest absolute Gasteiger partial charge is 0.489 e. The first-order valence-electron chi connectivity index (χ1n) is 13.8. The Morgan fingerprint density at radius 3 is 2.70 bits per heavy atom. The van der Waals surface area contributed by atoms with E-state index in [0.717, 1.165) is 53.7 Å². The molecule has 208 valence electrons. The first-order valence-corrected chi connectivity index (χ1v) is 14.5. The van der Waals surface area contributed by atoms with Crippen LogP contribution in [0.4, 0.5) is 0 Å². The van der Waals surface area contributed by atoms with Gasteiger partial charge in [0.25, 0.3) is 0 Å². The van der Waals surface area contributed by atoms with E-state index in [2.05, 4.69) is 5.16 Å².